The van der Waals surface area contributed by atoms with Crippen molar-refractivity contribution in [2.75, 3.05) is 6.54 Å². The van der Waals surface area contributed by atoms with E-state index in [0.717, 1.165) is 5.56 Å². The lowest BCUT2D eigenvalue weighted by Crippen LogP contribution is -2.42. The van der Waals surface area contributed by atoms with Crippen LogP contribution >= 0.6 is 0 Å². The van der Waals surface area contributed by atoms with Crippen LogP contribution in [0.25, 0.3) is 0 Å². The number of hydrogen-bond acceptors (Lipinski definition) is 3. The minimum Gasteiger partial charge on any atom is -0.508 e. The molecule has 0 heterocycles. The predicted octanol–water partition coefficient (Wildman–Crippen LogP) is 1.68. The van der Waals surface area contributed by atoms with E-state index < -0.39 is 5.60 Å². The van der Waals surface area contributed by atoms with E-state index in [1.54, 1.807) is 25.1 Å². The molecule has 3 heteroatoms. The monoisotopic (exact) mass is 223 g/mol. The summed E-state index contributed by atoms with van der Waals surface area (Å²) < 4.78 is 0. The van der Waals surface area contributed by atoms with Gasteiger partial charge >= 0.3 is 0 Å². The molecule has 1 unspecified atom stereocenters. The molecule has 0 fully saturated rings. The maximum Gasteiger partial charge on any atom is 0.115 e. The number of aliphatic hydroxyl groups is 1. The zero-order valence-corrected chi connectivity index (χ0v) is 10.2. The van der Waals surface area contributed by atoms with Gasteiger partial charge < -0.3 is 15.5 Å². The number of aromatic hydroxyl groups is 1. The molecule has 1 aromatic carbocycles. The van der Waals surface area contributed by atoms with Crippen LogP contribution in [0.4, 0.5) is 0 Å². The summed E-state index contributed by atoms with van der Waals surface area (Å²) in [6.45, 7) is 6.43. The van der Waals surface area contributed by atoms with E-state index in [4.69, 9.17) is 0 Å². The Labute approximate surface area is 97.1 Å². The zero-order chi connectivity index (χ0) is 12.2. The van der Waals surface area contributed by atoms with Crippen molar-refractivity contribution in [3.63, 3.8) is 0 Å². The van der Waals surface area contributed by atoms with E-state index in [9.17, 15) is 10.2 Å². The average molecular weight is 223 g/mol. The third-order valence-electron chi connectivity index (χ3n) is 2.39. The minimum absolute atomic E-state index is 0.241. The van der Waals surface area contributed by atoms with E-state index >= 15 is 0 Å². The number of benzene rings is 1. The molecule has 0 saturated carbocycles. The molecule has 0 radical (unpaired) electrons. The van der Waals surface area contributed by atoms with E-state index in [-0.39, 0.29) is 5.75 Å². The molecule has 90 valence electrons. The molecule has 0 amide bonds. The number of phenols is 1. The predicted molar refractivity (Wildman–Crippen MR) is 65.6 cm³/mol. The van der Waals surface area contributed by atoms with E-state index in [1.807, 2.05) is 19.9 Å². The average Bonchev–Trinajstić information content (AvgIpc) is 2.14. The maximum atomic E-state index is 10.2. The molecule has 0 saturated heterocycles. The molecule has 1 atom stereocenters. The van der Waals surface area contributed by atoms with Crippen molar-refractivity contribution in [2.24, 2.45) is 0 Å². The van der Waals surface area contributed by atoms with Gasteiger partial charge in [0.1, 0.15) is 5.75 Å². The minimum atomic E-state index is -0.794. The van der Waals surface area contributed by atoms with E-state index in [0.29, 0.717) is 19.0 Å². The number of phenolic OH excluding ortho intramolecular Hbond substituents is 1. The van der Waals surface area contributed by atoms with Gasteiger partial charge in [0.2, 0.25) is 0 Å². The summed E-state index contributed by atoms with van der Waals surface area (Å²) in [5, 5.41) is 22.7. The molecule has 0 aliphatic carbocycles. The Bertz CT molecular complexity index is 334. The van der Waals surface area contributed by atoms with Gasteiger partial charge in [-0.2, -0.15) is 0 Å². The van der Waals surface area contributed by atoms with Crippen molar-refractivity contribution >= 4 is 0 Å². The summed E-state index contributed by atoms with van der Waals surface area (Å²) in [5.74, 6) is 0.241. The molecule has 16 heavy (non-hydrogen) atoms. The molecule has 0 spiro atoms. The Kier molecular flexibility index (Phi) is 4.33. The second kappa shape index (κ2) is 5.32. The first-order valence-corrected chi connectivity index (χ1v) is 5.63. The molecule has 3 N–H and O–H groups in total. The first kappa shape index (κ1) is 13.0. The Morgan fingerprint density at radius 1 is 1.38 bits per heavy atom. The van der Waals surface area contributed by atoms with E-state index in [1.165, 1.54) is 0 Å². The Hall–Kier alpha value is -1.06. The van der Waals surface area contributed by atoms with Crippen molar-refractivity contribution in [3.05, 3.63) is 29.8 Å². The SMILES string of the molecule is CC(C)NCC(C)(O)Cc1cccc(O)c1. The lowest BCUT2D eigenvalue weighted by atomic mass is 9.96. The highest BCUT2D eigenvalue weighted by molar-refractivity contribution is 5.28. The van der Waals surface area contributed by atoms with Crippen LogP contribution in [0.1, 0.15) is 26.3 Å². The summed E-state index contributed by atoms with van der Waals surface area (Å²) in [4.78, 5) is 0. The number of rotatable bonds is 5. The number of nitrogens with one attached hydrogen (secondary N) is 1. The van der Waals surface area contributed by atoms with Crippen LogP contribution in [0.15, 0.2) is 24.3 Å². The molecule has 0 bridgehead atoms. The maximum absolute atomic E-state index is 10.2. The Morgan fingerprint density at radius 2 is 2.06 bits per heavy atom. The molecular weight excluding hydrogens is 202 g/mol. The lowest BCUT2D eigenvalue weighted by molar-refractivity contribution is 0.0581. The second-order valence-electron chi connectivity index (χ2n) is 4.88. The number of hydrogen-bond donors (Lipinski definition) is 3. The summed E-state index contributed by atoms with van der Waals surface area (Å²) in [5.41, 5.74) is 0.147. The van der Waals surface area contributed by atoms with Gasteiger partial charge in [0.15, 0.2) is 0 Å². The van der Waals surface area contributed by atoms with Crippen LogP contribution in [0, 0.1) is 0 Å². The molecular formula is C13H21NO2. The molecule has 1 aromatic rings. The summed E-state index contributed by atoms with van der Waals surface area (Å²) in [6.07, 6.45) is 0.529. The first-order chi connectivity index (χ1) is 7.39. The van der Waals surface area contributed by atoms with Gasteiger partial charge in [-0.15, -0.1) is 0 Å². The normalized spacial score (nSPS) is 15.1. The van der Waals surface area contributed by atoms with Crippen LogP contribution in [-0.2, 0) is 6.42 Å². The van der Waals surface area contributed by atoms with Gasteiger partial charge in [0, 0.05) is 19.0 Å². The fourth-order valence-corrected chi connectivity index (χ4v) is 1.59. The van der Waals surface area contributed by atoms with Gasteiger partial charge in [-0.3, -0.25) is 0 Å². The summed E-state index contributed by atoms with van der Waals surface area (Å²) in [7, 11) is 0. The van der Waals surface area contributed by atoms with Crippen LogP contribution in [-0.4, -0.2) is 28.4 Å². The van der Waals surface area contributed by atoms with Crippen molar-refractivity contribution in [2.45, 2.75) is 38.8 Å². The highest BCUT2D eigenvalue weighted by Gasteiger charge is 2.20. The fraction of sp³-hybridized carbons (Fsp3) is 0.538. The van der Waals surface area contributed by atoms with Gasteiger partial charge in [0.25, 0.3) is 0 Å². The molecule has 0 aliphatic rings. The highest BCUT2D eigenvalue weighted by Crippen LogP contribution is 2.17. The van der Waals surface area contributed by atoms with Crippen molar-refractivity contribution in [3.8, 4) is 5.75 Å². The van der Waals surface area contributed by atoms with Crippen molar-refractivity contribution in [1.29, 1.82) is 0 Å². The lowest BCUT2D eigenvalue weighted by Gasteiger charge is -2.25. The topological polar surface area (TPSA) is 52.5 Å². The molecule has 0 aromatic heterocycles. The van der Waals surface area contributed by atoms with Gasteiger partial charge in [0.05, 0.1) is 5.60 Å². The molecule has 0 aliphatic heterocycles. The second-order valence-corrected chi connectivity index (χ2v) is 4.88. The van der Waals surface area contributed by atoms with Crippen LogP contribution < -0.4 is 5.32 Å². The van der Waals surface area contributed by atoms with Crippen LogP contribution in [0.3, 0.4) is 0 Å². The van der Waals surface area contributed by atoms with Crippen LogP contribution in [0.2, 0.25) is 0 Å². The van der Waals surface area contributed by atoms with Crippen molar-refractivity contribution in [1.82, 2.24) is 5.32 Å². The highest BCUT2D eigenvalue weighted by atomic mass is 16.3. The third-order valence-corrected chi connectivity index (χ3v) is 2.39. The molecule has 3 nitrogen and oxygen atoms in total. The smallest absolute Gasteiger partial charge is 0.115 e. The largest absolute Gasteiger partial charge is 0.508 e. The van der Waals surface area contributed by atoms with Gasteiger partial charge in [-0.1, -0.05) is 26.0 Å². The van der Waals surface area contributed by atoms with Crippen molar-refractivity contribution < 1.29 is 10.2 Å². The van der Waals surface area contributed by atoms with E-state index in [2.05, 4.69) is 5.32 Å². The third kappa shape index (κ3) is 4.64. The molecule has 1 rings (SSSR count). The summed E-state index contributed by atoms with van der Waals surface area (Å²) >= 11 is 0. The zero-order valence-electron chi connectivity index (χ0n) is 10.2. The summed E-state index contributed by atoms with van der Waals surface area (Å²) in [6, 6.07) is 7.37. The Balaban J connectivity index is 2.58. The Morgan fingerprint density at radius 3 is 2.62 bits per heavy atom. The van der Waals surface area contributed by atoms with Gasteiger partial charge in [-0.25, -0.2) is 0 Å². The van der Waals surface area contributed by atoms with Crippen LogP contribution in [0.5, 0.6) is 5.75 Å². The standard InChI is InChI=1S/C13H21NO2/c1-10(2)14-9-13(3,16)8-11-5-4-6-12(15)7-11/h4-7,10,14-16H,8-9H2,1-3H3. The fourth-order valence-electron chi connectivity index (χ4n) is 1.59. The first-order valence-electron chi connectivity index (χ1n) is 5.63. The quantitative estimate of drug-likeness (QED) is 0.712. The van der Waals surface area contributed by atoms with Gasteiger partial charge in [-0.05, 0) is 24.6 Å².